The van der Waals surface area contributed by atoms with Crippen LogP contribution < -0.4 is 9.47 Å². The van der Waals surface area contributed by atoms with Crippen LogP contribution in [0.3, 0.4) is 0 Å². The van der Waals surface area contributed by atoms with Crippen LogP contribution in [0.4, 0.5) is 0 Å². The summed E-state index contributed by atoms with van der Waals surface area (Å²) in [6.45, 7) is 0. The standard InChI is InChI=1S/C12H12N2O2/c1-15-11-3-9(5-13-7-11)10-4-12(16-2)8-14-6-10/h3-8H,1-2H3. The minimum atomic E-state index is 0.723. The molecule has 2 aromatic rings. The molecule has 4 nitrogen and oxygen atoms in total. The van der Waals surface area contributed by atoms with Crippen LogP contribution in [0.25, 0.3) is 11.1 Å². The second kappa shape index (κ2) is 4.61. The zero-order valence-corrected chi connectivity index (χ0v) is 9.18. The summed E-state index contributed by atoms with van der Waals surface area (Å²) >= 11 is 0. The van der Waals surface area contributed by atoms with Crippen molar-refractivity contribution in [2.24, 2.45) is 0 Å². The molecule has 0 aliphatic carbocycles. The molecule has 0 saturated heterocycles. The van der Waals surface area contributed by atoms with E-state index >= 15 is 0 Å². The molecular formula is C12H12N2O2. The Kier molecular flexibility index (Phi) is 3.00. The SMILES string of the molecule is COc1cncc(-c2cncc(OC)c2)c1. The minimum Gasteiger partial charge on any atom is -0.495 e. The molecule has 0 amide bonds. The minimum absolute atomic E-state index is 0.723. The fourth-order valence-corrected chi connectivity index (χ4v) is 1.38. The van der Waals surface area contributed by atoms with Gasteiger partial charge in [0.15, 0.2) is 0 Å². The van der Waals surface area contributed by atoms with E-state index in [0.29, 0.717) is 0 Å². The number of ether oxygens (including phenoxy) is 2. The molecule has 0 N–H and O–H groups in total. The predicted octanol–water partition coefficient (Wildman–Crippen LogP) is 2.16. The maximum Gasteiger partial charge on any atom is 0.137 e. The van der Waals surface area contributed by atoms with Gasteiger partial charge in [-0.3, -0.25) is 9.97 Å². The number of hydrogen-bond acceptors (Lipinski definition) is 4. The molecule has 0 spiro atoms. The highest BCUT2D eigenvalue weighted by Gasteiger charge is 2.02. The van der Waals surface area contributed by atoms with Crippen molar-refractivity contribution in [2.75, 3.05) is 14.2 Å². The summed E-state index contributed by atoms with van der Waals surface area (Å²) in [5.41, 5.74) is 1.90. The van der Waals surface area contributed by atoms with Crippen molar-refractivity contribution in [1.82, 2.24) is 9.97 Å². The van der Waals surface area contributed by atoms with E-state index < -0.39 is 0 Å². The number of aromatic nitrogens is 2. The van der Waals surface area contributed by atoms with E-state index in [9.17, 15) is 0 Å². The lowest BCUT2D eigenvalue weighted by molar-refractivity contribution is 0.412. The summed E-state index contributed by atoms with van der Waals surface area (Å²) in [4.78, 5) is 8.19. The Bertz CT molecular complexity index is 440. The summed E-state index contributed by atoms with van der Waals surface area (Å²) in [5.74, 6) is 1.45. The van der Waals surface area contributed by atoms with Gasteiger partial charge in [-0.25, -0.2) is 0 Å². The van der Waals surface area contributed by atoms with Gasteiger partial charge < -0.3 is 9.47 Å². The number of rotatable bonds is 3. The molecule has 82 valence electrons. The fourth-order valence-electron chi connectivity index (χ4n) is 1.38. The summed E-state index contributed by atoms with van der Waals surface area (Å²) < 4.78 is 10.2. The largest absolute Gasteiger partial charge is 0.495 e. The van der Waals surface area contributed by atoms with Gasteiger partial charge in [0.05, 0.1) is 26.6 Å². The molecule has 0 aromatic carbocycles. The molecule has 0 unspecified atom stereocenters. The van der Waals surface area contributed by atoms with Crippen molar-refractivity contribution in [2.45, 2.75) is 0 Å². The van der Waals surface area contributed by atoms with Crippen LogP contribution in [0.2, 0.25) is 0 Å². The van der Waals surface area contributed by atoms with Crippen LogP contribution in [0, 0.1) is 0 Å². The van der Waals surface area contributed by atoms with E-state index in [1.54, 1.807) is 39.0 Å². The molecule has 0 fully saturated rings. The van der Waals surface area contributed by atoms with Crippen LogP contribution in [-0.2, 0) is 0 Å². The molecule has 2 rings (SSSR count). The molecule has 0 aliphatic heterocycles. The van der Waals surface area contributed by atoms with E-state index in [4.69, 9.17) is 9.47 Å². The van der Waals surface area contributed by atoms with Crippen molar-refractivity contribution >= 4 is 0 Å². The van der Waals surface area contributed by atoms with Crippen LogP contribution in [0.15, 0.2) is 36.9 Å². The second-order valence-electron chi connectivity index (χ2n) is 3.23. The normalized spacial score (nSPS) is 9.88. The monoisotopic (exact) mass is 216 g/mol. The Hall–Kier alpha value is -2.10. The van der Waals surface area contributed by atoms with Gasteiger partial charge in [-0.2, -0.15) is 0 Å². The average molecular weight is 216 g/mol. The zero-order chi connectivity index (χ0) is 11.4. The van der Waals surface area contributed by atoms with Crippen molar-refractivity contribution < 1.29 is 9.47 Å². The summed E-state index contributed by atoms with van der Waals surface area (Å²) in [6, 6.07) is 3.81. The third-order valence-corrected chi connectivity index (χ3v) is 2.23. The van der Waals surface area contributed by atoms with E-state index in [2.05, 4.69) is 9.97 Å². The van der Waals surface area contributed by atoms with Gasteiger partial charge in [-0.15, -0.1) is 0 Å². The number of nitrogens with zero attached hydrogens (tertiary/aromatic N) is 2. The van der Waals surface area contributed by atoms with Crippen molar-refractivity contribution in [1.29, 1.82) is 0 Å². The maximum atomic E-state index is 5.12. The van der Waals surface area contributed by atoms with E-state index in [1.165, 1.54) is 0 Å². The van der Waals surface area contributed by atoms with Crippen LogP contribution in [0.1, 0.15) is 0 Å². The van der Waals surface area contributed by atoms with Gasteiger partial charge in [-0.05, 0) is 12.1 Å². The van der Waals surface area contributed by atoms with Crippen molar-refractivity contribution in [3.8, 4) is 22.6 Å². The summed E-state index contributed by atoms with van der Waals surface area (Å²) in [5, 5.41) is 0. The van der Waals surface area contributed by atoms with Gasteiger partial charge in [0.1, 0.15) is 11.5 Å². The van der Waals surface area contributed by atoms with Gasteiger partial charge in [0, 0.05) is 23.5 Å². The van der Waals surface area contributed by atoms with E-state index in [0.717, 1.165) is 22.6 Å². The maximum absolute atomic E-state index is 5.12. The molecule has 2 heterocycles. The first-order valence-electron chi connectivity index (χ1n) is 4.82. The Morgan fingerprint density at radius 2 is 1.19 bits per heavy atom. The van der Waals surface area contributed by atoms with Crippen LogP contribution >= 0.6 is 0 Å². The van der Waals surface area contributed by atoms with Gasteiger partial charge >= 0.3 is 0 Å². The van der Waals surface area contributed by atoms with E-state index in [-0.39, 0.29) is 0 Å². The van der Waals surface area contributed by atoms with Crippen molar-refractivity contribution in [3.05, 3.63) is 36.9 Å². The number of methoxy groups -OCH3 is 2. The Morgan fingerprint density at radius 1 is 0.750 bits per heavy atom. The average Bonchev–Trinajstić information content (AvgIpc) is 2.39. The lowest BCUT2D eigenvalue weighted by Crippen LogP contribution is -1.88. The molecular weight excluding hydrogens is 204 g/mol. The third-order valence-electron chi connectivity index (χ3n) is 2.23. The smallest absolute Gasteiger partial charge is 0.137 e. The van der Waals surface area contributed by atoms with Gasteiger partial charge in [0.2, 0.25) is 0 Å². The van der Waals surface area contributed by atoms with Crippen molar-refractivity contribution in [3.63, 3.8) is 0 Å². The Labute approximate surface area is 93.9 Å². The Balaban J connectivity index is 2.41. The first-order chi connectivity index (χ1) is 7.83. The highest BCUT2D eigenvalue weighted by atomic mass is 16.5. The molecule has 0 aliphatic rings. The lowest BCUT2D eigenvalue weighted by Gasteiger charge is -2.05. The van der Waals surface area contributed by atoms with E-state index in [1.807, 2.05) is 12.1 Å². The van der Waals surface area contributed by atoms with Crippen LogP contribution in [0.5, 0.6) is 11.5 Å². The predicted molar refractivity (Wildman–Crippen MR) is 60.6 cm³/mol. The van der Waals surface area contributed by atoms with Gasteiger partial charge in [-0.1, -0.05) is 0 Å². The third kappa shape index (κ3) is 2.11. The lowest BCUT2D eigenvalue weighted by atomic mass is 10.1. The number of hydrogen-bond donors (Lipinski definition) is 0. The first-order valence-corrected chi connectivity index (χ1v) is 4.82. The van der Waals surface area contributed by atoms with Gasteiger partial charge in [0.25, 0.3) is 0 Å². The highest BCUT2D eigenvalue weighted by molar-refractivity contribution is 5.64. The summed E-state index contributed by atoms with van der Waals surface area (Å²) in [7, 11) is 3.23. The molecule has 0 saturated carbocycles. The fraction of sp³-hybridized carbons (Fsp3) is 0.167. The number of pyridine rings is 2. The molecule has 0 radical (unpaired) electrons. The molecule has 16 heavy (non-hydrogen) atoms. The Morgan fingerprint density at radius 3 is 1.56 bits per heavy atom. The topological polar surface area (TPSA) is 44.2 Å². The molecule has 2 aromatic heterocycles. The molecule has 0 atom stereocenters. The highest BCUT2D eigenvalue weighted by Crippen LogP contribution is 2.24. The molecule has 4 heteroatoms. The second-order valence-corrected chi connectivity index (χ2v) is 3.23. The first kappa shape index (κ1) is 10.4. The summed E-state index contributed by atoms with van der Waals surface area (Å²) in [6.07, 6.45) is 6.85. The molecule has 0 bridgehead atoms. The zero-order valence-electron chi connectivity index (χ0n) is 9.18. The quantitative estimate of drug-likeness (QED) is 0.788. The van der Waals surface area contributed by atoms with Crippen LogP contribution in [-0.4, -0.2) is 24.2 Å².